The number of amides is 2. The van der Waals surface area contributed by atoms with E-state index in [9.17, 15) is 28.0 Å². The number of benzene rings is 2. The van der Waals surface area contributed by atoms with Crippen molar-refractivity contribution in [2.24, 2.45) is 0 Å². The maximum atomic E-state index is 13.2. The summed E-state index contributed by atoms with van der Waals surface area (Å²) in [6, 6.07) is 10.8. The lowest BCUT2D eigenvalue weighted by Gasteiger charge is -2.27. The zero-order valence-electron chi connectivity index (χ0n) is 13.1. The van der Waals surface area contributed by atoms with Crippen LogP contribution in [0.1, 0.15) is 27.7 Å². The highest BCUT2D eigenvalue weighted by atomic mass is 79.9. The first-order chi connectivity index (χ1) is 12.2. The summed E-state index contributed by atoms with van der Waals surface area (Å²) in [5, 5.41) is 10.4. The summed E-state index contributed by atoms with van der Waals surface area (Å²) in [6.45, 7) is -0.529. The van der Waals surface area contributed by atoms with Crippen molar-refractivity contribution in [1.29, 1.82) is 0 Å². The average Bonchev–Trinajstić information content (AvgIpc) is 2.88. The standard InChI is InChI=1S/C17H12BrF3N2O3/c18-11-5-3-4-10(8-11)15-22(9-14(24)23(15)26)16(25)12-6-1-2-7-13(12)17(19,20)21/h1-8,15,26H,9H2. The molecule has 2 amide bonds. The number of carbonyl (C=O) groups is 2. The van der Waals surface area contributed by atoms with E-state index < -0.39 is 41.8 Å². The first kappa shape index (κ1) is 18.4. The van der Waals surface area contributed by atoms with Crippen LogP contribution in [0.2, 0.25) is 0 Å². The molecule has 0 saturated carbocycles. The van der Waals surface area contributed by atoms with Crippen LogP contribution in [0.5, 0.6) is 0 Å². The van der Waals surface area contributed by atoms with Gasteiger partial charge >= 0.3 is 6.18 Å². The molecular formula is C17H12BrF3N2O3. The molecule has 1 atom stereocenters. The number of alkyl halides is 3. The second-order valence-corrected chi connectivity index (χ2v) is 6.56. The lowest BCUT2D eigenvalue weighted by atomic mass is 10.0. The fourth-order valence-electron chi connectivity index (χ4n) is 2.82. The smallest absolute Gasteiger partial charge is 0.302 e. The van der Waals surface area contributed by atoms with Gasteiger partial charge in [-0.3, -0.25) is 14.8 Å². The molecule has 5 nitrogen and oxygen atoms in total. The molecule has 0 aliphatic carbocycles. The van der Waals surface area contributed by atoms with E-state index >= 15 is 0 Å². The summed E-state index contributed by atoms with van der Waals surface area (Å²) in [7, 11) is 0. The molecule has 1 unspecified atom stereocenters. The number of rotatable bonds is 2. The van der Waals surface area contributed by atoms with Gasteiger partial charge in [-0.1, -0.05) is 40.2 Å². The molecule has 2 aromatic rings. The predicted molar refractivity (Wildman–Crippen MR) is 88.0 cm³/mol. The lowest BCUT2D eigenvalue weighted by molar-refractivity contribution is -0.168. The monoisotopic (exact) mass is 428 g/mol. The molecular weight excluding hydrogens is 417 g/mol. The Labute approximate surface area is 154 Å². The van der Waals surface area contributed by atoms with Crippen molar-refractivity contribution in [3.8, 4) is 0 Å². The number of hydroxylamine groups is 2. The average molecular weight is 429 g/mol. The van der Waals surface area contributed by atoms with Gasteiger partial charge in [0, 0.05) is 4.47 Å². The number of carbonyl (C=O) groups excluding carboxylic acids is 2. The quantitative estimate of drug-likeness (QED) is 0.739. The van der Waals surface area contributed by atoms with Gasteiger partial charge in [-0.25, -0.2) is 0 Å². The second kappa shape index (κ2) is 6.73. The summed E-state index contributed by atoms with van der Waals surface area (Å²) in [5.74, 6) is -1.78. The molecule has 0 spiro atoms. The molecule has 0 aromatic heterocycles. The molecule has 1 aliphatic heterocycles. The van der Waals surface area contributed by atoms with Crippen molar-refractivity contribution >= 4 is 27.7 Å². The minimum absolute atomic E-state index is 0.357. The summed E-state index contributed by atoms with van der Waals surface area (Å²) in [6.07, 6.45) is -5.94. The molecule has 2 aromatic carbocycles. The van der Waals surface area contributed by atoms with Crippen molar-refractivity contribution in [2.75, 3.05) is 6.54 Å². The maximum absolute atomic E-state index is 13.2. The van der Waals surface area contributed by atoms with Crippen LogP contribution in [0.25, 0.3) is 0 Å². The fourth-order valence-corrected chi connectivity index (χ4v) is 3.23. The van der Waals surface area contributed by atoms with E-state index in [-0.39, 0.29) is 0 Å². The van der Waals surface area contributed by atoms with E-state index in [2.05, 4.69) is 15.9 Å². The molecule has 1 saturated heterocycles. The third-order valence-corrected chi connectivity index (χ3v) is 4.45. The van der Waals surface area contributed by atoms with Crippen LogP contribution < -0.4 is 0 Å². The van der Waals surface area contributed by atoms with Crippen LogP contribution in [0, 0.1) is 0 Å². The Balaban J connectivity index is 2.05. The highest BCUT2D eigenvalue weighted by Gasteiger charge is 2.44. The van der Waals surface area contributed by atoms with Crippen LogP contribution in [0.4, 0.5) is 13.2 Å². The largest absolute Gasteiger partial charge is 0.417 e. The second-order valence-electron chi connectivity index (χ2n) is 5.64. The Morgan fingerprint density at radius 2 is 1.85 bits per heavy atom. The zero-order chi connectivity index (χ0) is 19.1. The third-order valence-electron chi connectivity index (χ3n) is 3.96. The van der Waals surface area contributed by atoms with Gasteiger partial charge in [-0.15, -0.1) is 0 Å². The summed E-state index contributed by atoms with van der Waals surface area (Å²) in [5.41, 5.74) is -1.30. The SMILES string of the molecule is O=C1CN(C(=O)c2ccccc2C(F)(F)F)C(c2cccc(Br)c2)N1O. The molecule has 0 bridgehead atoms. The topological polar surface area (TPSA) is 60.9 Å². The minimum Gasteiger partial charge on any atom is -0.302 e. The van der Waals surface area contributed by atoms with Crippen LogP contribution >= 0.6 is 15.9 Å². The normalized spacial score (nSPS) is 17.7. The fraction of sp³-hybridized carbons (Fsp3) is 0.176. The molecule has 0 radical (unpaired) electrons. The highest BCUT2D eigenvalue weighted by Crippen LogP contribution is 2.36. The van der Waals surface area contributed by atoms with Crippen LogP contribution in [-0.4, -0.2) is 33.5 Å². The number of hydrogen-bond donors (Lipinski definition) is 1. The summed E-state index contributed by atoms with van der Waals surface area (Å²) in [4.78, 5) is 25.6. The van der Waals surface area contributed by atoms with E-state index in [0.717, 1.165) is 17.0 Å². The van der Waals surface area contributed by atoms with Gasteiger partial charge in [0.25, 0.3) is 11.8 Å². The first-order valence-electron chi connectivity index (χ1n) is 7.43. The van der Waals surface area contributed by atoms with E-state index in [1.807, 2.05) is 0 Å². The molecule has 1 N–H and O–H groups in total. The molecule has 26 heavy (non-hydrogen) atoms. The van der Waals surface area contributed by atoms with Crippen molar-refractivity contribution in [1.82, 2.24) is 9.96 Å². The molecule has 9 heteroatoms. The summed E-state index contributed by atoms with van der Waals surface area (Å²) < 4.78 is 40.3. The Kier molecular flexibility index (Phi) is 4.76. The number of halogens is 4. The van der Waals surface area contributed by atoms with Gasteiger partial charge < -0.3 is 4.90 Å². The molecule has 136 valence electrons. The van der Waals surface area contributed by atoms with Gasteiger partial charge in [0.2, 0.25) is 0 Å². The van der Waals surface area contributed by atoms with Crippen LogP contribution in [0.3, 0.4) is 0 Å². The van der Waals surface area contributed by atoms with E-state index in [1.165, 1.54) is 12.1 Å². The molecule has 1 fully saturated rings. The van der Waals surface area contributed by atoms with E-state index in [1.54, 1.807) is 24.3 Å². The highest BCUT2D eigenvalue weighted by molar-refractivity contribution is 9.10. The number of hydrogen-bond acceptors (Lipinski definition) is 3. The van der Waals surface area contributed by atoms with Crippen molar-refractivity contribution in [2.45, 2.75) is 12.3 Å². The van der Waals surface area contributed by atoms with Gasteiger partial charge in [0.05, 0.1) is 11.1 Å². The van der Waals surface area contributed by atoms with E-state index in [0.29, 0.717) is 15.1 Å². The lowest BCUT2D eigenvalue weighted by Crippen LogP contribution is -2.35. The van der Waals surface area contributed by atoms with Crippen LogP contribution in [-0.2, 0) is 11.0 Å². The molecule has 3 rings (SSSR count). The first-order valence-corrected chi connectivity index (χ1v) is 8.23. The molecule has 1 aliphatic rings. The summed E-state index contributed by atoms with van der Waals surface area (Å²) >= 11 is 3.25. The Morgan fingerprint density at radius 3 is 2.50 bits per heavy atom. The van der Waals surface area contributed by atoms with E-state index in [4.69, 9.17) is 0 Å². The van der Waals surface area contributed by atoms with Gasteiger partial charge in [-0.2, -0.15) is 18.2 Å². The zero-order valence-corrected chi connectivity index (χ0v) is 14.7. The van der Waals surface area contributed by atoms with Crippen molar-refractivity contribution in [3.05, 3.63) is 69.7 Å². The van der Waals surface area contributed by atoms with Crippen LogP contribution in [0.15, 0.2) is 53.0 Å². The van der Waals surface area contributed by atoms with Crippen molar-refractivity contribution < 1.29 is 28.0 Å². The molecule has 1 heterocycles. The van der Waals surface area contributed by atoms with Gasteiger partial charge in [0.1, 0.15) is 6.54 Å². The van der Waals surface area contributed by atoms with Gasteiger partial charge in [0.15, 0.2) is 6.17 Å². The minimum atomic E-state index is -4.72. The number of nitrogens with zero attached hydrogens (tertiary/aromatic N) is 2. The van der Waals surface area contributed by atoms with Crippen molar-refractivity contribution in [3.63, 3.8) is 0 Å². The predicted octanol–water partition coefficient (Wildman–Crippen LogP) is 3.84. The Hall–Kier alpha value is -2.39. The Bertz CT molecular complexity index is 872. The Morgan fingerprint density at radius 1 is 1.15 bits per heavy atom. The maximum Gasteiger partial charge on any atom is 0.417 e. The van der Waals surface area contributed by atoms with Gasteiger partial charge in [-0.05, 0) is 29.8 Å². The third kappa shape index (κ3) is 3.32.